The van der Waals surface area contributed by atoms with Crippen molar-refractivity contribution in [2.24, 2.45) is 11.8 Å². The summed E-state index contributed by atoms with van der Waals surface area (Å²) in [6.45, 7) is 7.98. The Balaban J connectivity index is 0.00000280. The van der Waals surface area contributed by atoms with E-state index in [0.717, 1.165) is 61.4 Å². The first-order valence-corrected chi connectivity index (χ1v) is 12.7. The highest BCUT2D eigenvalue weighted by atomic mass is 35.5. The average Bonchev–Trinajstić information content (AvgIpc) is 3.64. The molecular formula is C26H32ClN9O. The number of nitrogens with zero attached hydrogens (tertiary/aromatic N) is 7. The maximum Gasteiger partial charge on any atom is 0.326 e. The van der Waals surface area contributed by atoms with E-state index < -0.39 is 0 Å². The third kappa shape index (κ3) is 4.78. The lowest BCUT2D eigenvalue weighted by Crippen LogP contribution is -2.40. The molecule has 3 aromatic heterocycles. The molecule has 1 atom stereocenters. The highest BCUT2D eigenvalue weighted by Crippen LogP contribution is 2.31. The molecule has 0 aliphatic carbocycles. The summed E-state index contributed by atoms with van der Waals surface area (Å²) in [5, 5.41) is 14.8. The van der Waals surface area contributed by atoms with Crippen LogP contribution in [0.2, 0.25) is 0 Å². The molecule has 0 unspecified atom stereocenters. The standard InChI is InChI=1S/C26H31N9O.ClH/c1-17(2)22-15-33(14-18-7-10-27-11-8-18)26(36)35(22)23-9-12-34-25(31-23)21(13-30-34)19-3-5-20(6-4-19)24-28-16-29-32-24;/h3-6,9,12-13,16-18,22,27H,7-8,10-11,14-15H2,1-2H3,(H,28,29,32);1H/t22-;/m1./s1. The molecule has 0 saturated carbocycles. The van der Waals surface area contributed by atoms with Gasteiger partial charge in [0.15, 0.2) is 11.5 Å². The summed E-state index contributed by atoms with van der Waals surface area (Å²) in [7, 11) is 0. The zero-order chi connectivity index (χ0) is 24.6. The molecule has 0 bridgehead atoms. The van der Waals surface area contributed by atoms with Crippen molar-refractivity contribution >= 4 is 29.9 Å². The zero-order valence-corrected chi connectivity index (χ0v) is 21.9. The second-order valence-electron chi connectivity index (χ2n) is 10.1. The number of piperidine rings is 1. The largest absolute Gasteiger partial charge is 0.326 e. The number of anilines is 1. The SMILES string of the molecule is CC(C)[C@H]1CN(CC2CCNCC2)C(=O)N1c1ccn2ncc(-c3ccc(-c4nc[nH]n4)cc3)c2n1.Cl. The Morgan fingerprint density at radius 1 is 1.08 bits per heavy atom. The minimum Gasteiger partial charge on any atom is -0.322 e. The summed E-state index contributed by atoms with van der Waals surface area (Å²) >= 11 is 0. The number of aromatic nitrogens is 6. The van der Waals surface area contributed by atoms with Crippen LogP contribution in [0.3, 0.4) is 0 Å². The lowest BCUT2D eigenvalue weighted by Gasteiger charge is -2.27. The van der Waals surface area contributed by atoms with Crippen LogP contribution in [-0.2, 0) is 0 Å². The predicted molar refractivity (Wildman–Crippen MR) is 145 cm³/mol. The smallest absolute Gasteiger partial charge is 0.322 e. The number of halogens is 1. The molecule has 2 fully saturated rings. The molecular weight excluding hydrogens is 490 g/mol. The lowest BCUT2D eigenvalue weighted by atomic mass is 9.97. The van der Waals surface area contributed by atoms with Gasteiger partial charge >= 0.3 is 6.03 Å². The van der Waals surface area contributed by atoms with Crippen molar-refractivity contribution in [1.82, 2.24) is 40.0 Å². The number of nitrogens with one attached hydrogen (secondary N) is 2. The first-order valence-electron chi connectivity index (χ1n) is 12.7. The summed E-state index contributed by atoms with van der Waals surface area (Å²) in [5.74, 6) is 2.21. The average molecular weight is 522 g/mol. The van der Waals surface area contributed by atoms with Crippen LogP contribution in [0, 0.1) is 11.8 Å². The number of fused-ring (bicyclic) bond motifs is 1. The molecule has 2 aliphatic heterocycles. The Bertz CT molecular complexity index is 1350. The van der Waals surface area contributed by atoms with Crippen molar-refractivity contribution in [2.45, 2.75) is 32.7 Å². The maximum atomic E-state index is 13.6. The van der Waals surface area contributed by atoms with Gasteiger partial charge in [0.25, 0.3) is 0 Å². The number of H-pyrrole nitrogens is 1. The van der Waals surface area contributed by atoms with Gasteiger partial charge in [-0.1, -0.05) is 38.1 Å². The molecule has 2 N–H and O–H groups in total. The van der Waals surface area contributed by atoms with E-state index in [1.54, 1.807) is 10.8 Å². The highest BCUT2D eigenvalue weighted by molar-refractivity contribution is 5.94. The molecule has 2 saturated heterocycles. The van der Waals surface area contributed by atoms with Crippen molar-refractivity contribution in [3.63, 3.8) is 0 Å². The van der Waals surface area contributed by atoms with E-state index in [9.17, 15) is 4.79 Å². The van der Waals surface area contributed by atoms with E-state index in [1.165, 1.54) is 0 Å². The third-order valence-electron chi connectivity index (χ3n) is 7.39. The molecule has 0 radical (unpaired) electrons. The van der Waals surface area contributed by atoms with Crippen LogP contribution in [0.1, 0.15) is 26.7 Å². The van der Waals surface area contributed by atoms with Crippen LogP contribution < -0.4 is 10.2 Å². The monoisotopic (exact) mass is 521 g/mol. The van der Waals surface area contributed by atoms with E-state index in [1.807, 2.05) is 52.5 Å². The van der Waals surface area contributed by atoms with E-state index in [4.69, 9.17) is 4.98 Å². The Morgan fingerprint density at radius 3 is 2.54 bits per heavy atom. The number of hydrogen-bond acceptors (Lipinski definition) is 6. The normalized spacial score (nSPS) is 18.7. The van der Waals surface area contributed by atoms with Crippen molar-refractivity contribution in [3.05, 3.63) is 49.1 Å². The first-order chi connectivity index (χ1) is 17.6. The number of carbonyl (C=O) groups excluding carboxylic acids is 1. The Morgan fingerprint density at radius 2 is 1.84 bits per heavy atom. The van der Waals surface area contributed by atoms with Crippen LogP contribution in [0.25, 0.3) is 28.2 Å². The fraction of sp³-hybridized carbons (Fsp3) is 0.423. The van der Waals surface area contributed by atoms with Gasteiger partial charge in [-0.05, 0) is 49.4 Å². The molecule has 5 heterocycles. The van der Waals surface area contributed by atoms with Gasteiger partial charge in [0.05, 0.1) is 12.2 Å². The highest BCUT2D eigenvalue weighted by Gasteiger charge is 2.41. The molecule has 0 spiro atoms. The number of hydrogen-bond donors (Lipinski definition) is 2. The van der Waals surface area contributed by atoms with Gasteiger partial charge < -0.3 is 10.2 Å². The lowest BCUT2D eigenvalue weighted by molar-refractivity contribution is 0.202. The molecule has 194 valence electrons. The molecule has 2 amide bonds. The summed E-state index contributed by atoms with van der Waals surface area (Å²) in [6, 6.07) is 10.1. The van der Waals surface area contributed by atoms with Gasteiger partial charge in [0, 0.05) is 30.4 Å². The van der Waals surface area contributed by atoms with Gasteiger partial charge in [-0.2, -0.15) is 10.2 Å². The van der Waals surface area contributed by atoms with Crippen molar-refractivity contribution in [1.29, 1.82) is 0 Å². The van der Waals surface area contributed by atoms with Crippen molar-refractivity contribution < 1.29 is 4.79 Å². The molecule has 6 rings (SSSR count). The number of amides is 2. The molecule has 37 heavy (non-hydrogen) atoms. The second kappa shape index (κ2) is 10.5. The van der Waals surface area contributed by atoms with E-state index in [-0.39, 0.29) is 24.5 Å². The summed E-state index contributed by atoms with van der Waals surface area (Å²) < 4.78 is 1.76. The van der Waals surface area contributed by atoms with E-state index in [2.05, 4.69) is 39.4 Å². The molecule has 1 aromatic carbocycles. The van der Waals surface area contributed by atoms with Crippen LogP contribution in [0.4, 0.5) is 10.6 Å². The summed E-state index contributed by atoms with van der Waals surface area (Å²) in [5.41, 5.74) is 3.57. The Hall–Kier alpha value is -3.50. The first kappa shape index (κ1) is 25.2. The van der Waals surface area contributed by atoms with Crippen molar-refractivity contribution in [2.75, 3.05) is 31.1 Å². The van der Waals surface area contributed by atoms with Crippen LogP contribution in [-0.4, -0.2) is 72.9 Å². The van der Waals surface area contributed by atoms with Gasteiger partial charge in [-0.3, -0.25) is 10.00 Å². The predicted octanol–water partition coefficient (Wildman–Crippen LogP) is 3.87. The Labute approximate surface area is 221 Å². The number of aromatic amines is 1. The molecule has 11 heteroatoms. The quantitative estimate of drug-likeness (QED) is 0.399. The molecule has 10 nitrogen and oxygen atoms in total. The van der Waals surface area contributed by atoms with Crippen LogP contribution in [0.5, 0.6) is 0 Å². The van der Waals surface area contributed by atoms with Crippen molar-refractivity contribution in [3.8, 4) is 22.5 Å². The minimum atomic E-state index is 0. The van der Waals surface area contributed by atoms with E-state index >= 15 is 0 Å². The van der Waals surface area contributed by atoms with E-state index in [0.29, 0.717) is 23.5 Å². The van der Waals surface area contributed by atoms with Crippen LogP contribution >= 0.6 is 12.4 Å². The molecule has 4 aromatic rings. The third-order valence-corrected chi connectivity index (χ3v) is 7.39. The van der Waals surface area contributed by atoms with Gasteiger partial charge in [0.1, 0.15) is 12.1 Å². The fourth-order valence-corrected chi connectivity index (χ4v) is 5.33. The number of rotatable bonds is 6. The minimum absolute atomic E-state index is 0. The van der Waals surface area contributed by atoms with Gasteiger partial charge in [-0.15, -0.1) is 12.4 Å². The zero-order valence-electron chi connectivity index (χ0n) is 21.0. The molecule has 2 aliphatic rings. The number of urea groups is 1. The van der Waals surface area contributed by atoms with Gasteiger partial charge in [0.2, 0.25) is 0 Å². The Kier molecular flexibility index (Phi) is 7.12. The van der Waals surface area contributed by atoms with Crippen LogP contribution in [0.15, 0.2) is 49.1 Å². The fourth-order valence-electron chi connectivity index (χ4n) is 5.33. The topological polar surface area (TPSA) is 107 Å². The number of benzene rings is 1. The summed E-state index contributed by atoms with van der Waals surface area (Å²) in [6.07, 6.45) is 7.52. The second-order valence-corrected chi connectivity index (χ2v) is 10.1. The summed E-state index contributed by atoms with van der Waals surface area (Å²) in [4.78, 5) is 26.7. The maximum absolute atomic E-state index is 13.6. The number of carbonyl (C=O) groups is 1. The van der Waals surface area contributed by atoms with Gasteiger partial charge in [-0.25, -0.2) is 19.3 Å².